The molecule has 2 saturated heterocycles. The van der Waals surface area contributed by atoms with Gasteiger partial charge >= 0.3 is 6.01 Å². The van der Waals surface area contributed by atoms with E-state index < -0.39 is 12.0 Å². The normalized spacial score (nSPS) is 21.1. The maximum absolute atomic E-state index is 14.0. The van der Waals surface area contributed by atoms with Crippen LogP contribution < -0.4 is 26.0 Å². The Hall–Kier alpha value is -3.48. The Labute approximate surface area is 250 Å². The molecule has 3 aromatic rings. The molecule has 2 atom stereocenters. The fourth-order valence-electron chi connectivity index (χ4n) is 6.05. The highest BCUT2D eigenvalue weighted by Crippen LogP contribution is 2.57. The van der Waals surface area contributed by atoms with Crippen molar-refractivity contribution in [3.8, 4) is 12.1 Å². The lowest BCUT2D eigenvalue weighted by Crippen LogP contribution is -2.57. The molecule has 0 saturated carbocycles. The Morgan fingerprint density at radius 2 is 2.05 bits per heavy atom. The third-order valence-electron chi connectivity index (χ3n) is 8.25. The molecule has 222 valence electrons. The van der Waals surface area contributed by atoms with Crippen molar-refractivity contribution in [2.24, 2.45) is 0 Å². The fourth-order valence-corrected chi connectivity index (χ4v) is 8.86. The second-order valence-electron chi connectivity index (χ2n) is 11.0. The van der Waals surface area contributed by atoms with Crippen LogP contribution in [0.15, 0.2) is 18.3 Å². The van der Waals surface area contributed by atoms with Gasteiger partial charge in [0.1, 0.15) is 23.5 Å². The molecule has 3 aliphatic heterocycles. The molecular formula is C27H32F2N10OS2. The van der Waals surface area contributed by atoms with E-state index >= 15 is 0 Å². The first-order chi connectivity index (χ1) is 20.0. The van der Waals surface area contributed by atoms with Gasteiger partial charge in [0, 0.05) is 60.1 Å². The van der Waals surface area contributed by atoms with E-state index in [0.717, 1.165) is 21.8 Å². The van der Waals surface area contributed by atoms with Crippen molar-refractivity contribution in [1.29, 1.82) is 5.26 Å². The van der Waals surface area contributed by atoms with Gasteiger partial charge in [-0.25, -0.2) is 13.8 Å². The zero-order valence-corrected chi connectivity index (χ0v) is 25.2. The molecule has 4 N–H and O–H groups in total. The molecule has 11 nitrogen and oxygen atoms in total. The number of likely N-dealkylation sites (N-methyl/N-ethyl adjacent to an activating group) is 1. The van der Waals surface area contributed by atoms with Crippen molar-refractivity contribution in [1.82, 2.24) is 24.8 Å². The summed E-state index contributed by atoms with van der Waals surface area (Å²) in [6.07, 6.45) is 1.36. The molecule has 1 spiro atoms. The Bertz CT molecular complexity index is 1540. The van der Waals surface area contributed by atoms with Crippen LogP contribution in [0.25, 0.3) is 0 Å². The zero-order chi connectivity index (χ0) is 29.8. The third-order valence-corrected chi connectivity index (χ3v) is 10.9. The third kappa shape index (κ3) is 4.95. The number of anilines is 4. The van der Waals surface area contributed by atoms with Crippen LogP contribution in [0.5, 0.6) is 6.01 Å². The number of likely N-dealkylation sites (tertiary alicyclic amines) is 1. The molecule has 0 aromatic carbocycles. The van der Waals surface area contributed by atoms with Gasteiger partial charge in [-0.3, -0.25) is 4.90 Å². The highest BCUT2D eigenvalue weighted by atomic mass is 32.2. The molecule has 3 aromatic heterocycles. The van der Waals surface area contributed by atoms with Crippen LogP contribution in [-0.2, 0) is 10.5 Å². The minimum Gasteiger partial charge on any atom is -0.462 e. The Morgan fingerprint density at radius 3 is 2.71 bits per heavy atom. The first-order valence-electron chi connectivity index (χ1n) is 13.7. The largest absolute Gasteiger partial charge is 0.462 e. The standard InChI is InChI=1S/C27H32F2N10OS2/c1-4-39(15(2)17-6-5-7-33-21(17)31)24-34-23(35-25(36-24)40-10-16-8-27(28,29)14-37(16)3)38-12-26(13-38)20-18(9-30)22(32)42-19(20)11-41-26/h5-7,15-16H,4,8,10-14,32H2,1-3H3,(H2,31,33)/t15-,16+/m1/s1. The summed E-state index contributed by atoms with van der Waals surface area (Å²) in [5.74, 6) is -0.721. The number of nitrogen functional groups attached to an aromatic ring is 2. The lowest BCUT2D eigenvalue weighted by molar-refractivity contribution is 0.0136. The van der Waals surface area contributed by atoms with Crippen molar-refractivity contribution in [2.45, 2.75) is 48.8 Å². The fraction of sp³-hybridized carbons (Fsp3) is 0.519. The lowest BCUT2D eigenvalue weighted by Gasteiger charge is -2.47. The number of aromatic nitrogens is 4. The molecule has 2 fully saturated rings. The van der Waals surface area contributed by atoms with Gasteiger partial charge < -0.3 is 26.0 Å². The van der Waals surface area contributed by atoms with E-state index in [9.17, 15) is 14.0 Å². The van der Waals surface area contributed by atoms with E-state index in [1.54, 1.807) is 29.9 Å². The molecule has 42 heavy (non-hydrogen) atoms. The van der Waals surface area contributed by atoms with E-state index in [1.165, 1.54) is 11.3 Å². The monoisotopic (exact) mass is 614 g/mol. The van der Waals surface area contributed by atoms with E-state index in [-0.39, 0.29) is 36.4 Å². The van der Waals surface area contributed by atoms with Gasteiger partial charge in [-0.1, -0.05) is 6.07 Å². The highest BCUT2D eigenvalue weighted by molar-refractivity contribution is 8.00. The predicted molar refractivity (Wildman–Crippen MR) is 160 cm³/mol. The van der Waals surface area contributed by atoms with Crippen LogP contribution in [0.2, 0.25) is 0 Å². The molecule has 6 rings (SSSR count). The van der Waals surface area contributed by atoms with Gasteiger partial charge in [-0.05, 0) is 27.0 Å². The number of rotatable bonds is 8. The SMILES string of the molecule is CCN(c1nc(OC[C@@H]2CC(F)(F)CN2C)nc(N2CC3(C2)SCc2sc(N)c(C#N)c23)n1)[C@H](C)c1cccnc1N. The van der Waals surface area contributed by atoms with Crippen molar-refractivity contribution in [3.05, 3.63) is 39.9 Å². The summed E-state index contributed by atoms with van der Waals surface area (Å²) < 4.78 is 33.7. The lowest BCUT2D eigenvalue weighted by atomic mass is 9.88. The minimum atomic E-state index is -2.76. The maximum Gasteiger partial charge on any atom is 0.323 e. The van der Waals surface area contributed by atoms with Gasteiger partial charge in [0.05, 0.1) is 22.9 Å². The molecular weight excluding hydrogens is 582 g/mol. The summed E-state index contributed by atoms with van der Waals surface area (Å²) in [6.45, 7) is 5.43. The number of halogens is 2. The van der Waals surface area contributed by atoms with E-state index in [1.807, 2.05) is 35.8 Å². The summed E-state index contributed by atoms with van der Waals surface area (Å²) in [6, 6.07) is 5.43. The van der Waals surface area contributed by atoms with E-state index in [4.69, 9.17) is 21.2 Å². The second-order valence-corrected chi connectivity index (χ2v) is 13.5. The van der Waals surface area contributed by atoms with Gasteiger partial charge in [-0.2, -0.15) is 20.2 Å². The number of fused-ring (bicyclic) bond motifs is 2. The van der Waals surface area contributed by atoms with Crippen LogP contribution >= 0.6 is 23.1 Å². The number of thiophene rings is 1. The molecule has 3 aliphatic rings. The van der Waals surface area contributed by atoms with Crippen LogP contribution in [-0.4, -0.2) is 76.6 Å². The number of hydrogen-bond donors (Lipinski definition) is 2. The first kappa shape index (κ1) is 28.6. The van der Waals surface area contributed by atoms with E-state index in [0.29, 0.717) is 47.9 Å². The smallest absolute Gasteiger partial charge is 0.323 e. The second kappa shape index (κ2) is 10.7. The summed E-state index contributed by atoms with van der Waals surface area (Å²) >= 11 is 3.29. The predicted octanol–water partition coefficient (Wildman–Crippen LogP) is 3.63. The van der Waals surface area contributed by atoms with Crippen molar-refractivity contribution >= 4 is 45.8 Å². The summed E-state index contributed by atoms with van der Waals surface area (Å²) in [5, 5.41) is 10.3. The van der Waals surface area contributed by atoms with Crippen molar-refractivity contribution in [3.63, 3.8) is 0 Å². The molecule has 6 heterocycles. The summed E-state index contributed by atoms with van der Waals surface area (Å²) in [7, 11) is 1.66. The molecule has 15 heteroatoms. The van der Waals surface area contributed by atoms with Gasteiger partial charge in [0.25, 0.3) is 5.92 Å². The number of hydrogen-bond acceptors (Lipinski definition) is 13. The van der Waals surface area contributed by atoms with Crippen LogP contribution in [0, 0.1) is 11.3 Å². The van der Waals surface area contributed by atoms with Crippen molar-refractivity contribution in [2.75, 3.05) is 61.1 Å². The number of pyridine rings is 1. The molecule has 0 radical (unpaired) electrons. The molecule has 0 bridgehead atoms. The summed E-state index contributed by atoms with van der Waals surface area (Å²) in [5.41, 5.74) is 14.8. The molecule has 0 unspecified atom stereocenters. The Morgan fingerprint density at radius 1 is 1.26 bits per heavy atom. The number of nitrogens with zero attached hydrogens (tertiary/aromatic N) is 8. The molecule has 0 amide bonds. The van der Waals surface area contributed by atoms with Gasteiger partial charge in [0.15, 0.2) is 0 Å². The maximum atomic E-state index is 14.0. The number of alkyl halides is 2. The van der Waals surface area contributed by atoms with Crippen LogP contribution in [0.3, 0.4) is 0 Å². The Balaban J connectivity index is 1.30. The van der Waals surface area contributed by atoms with Gasteiger partial charge in [-0.15, -0.1) is 23.1 Å². The Kier molecular flexibility index (Phi) is 7.27. The topological polar surface area (TPSA) is 146 Å². The van der Waals surface area contributed by atoms with Gasteiger partial charge in [0.2, 0.25) is 11.9 Å². The first-order valence-corrected chi connectivity index (χ1v) is 15.5. The quantitative estimate of drug-likeness (QED) is 0.382. The molecule has 0 aliphatic carbocycles. The number of ether oxygens (including phenoxy) is 1. The highest BCUT2D eigenvalue weighted by Gasteiger charge is 2.53. The number of nitrogens with two attached hydrogens (primary N) is 2. The average molecular weight is 615 g/mol. The number of thioether (sulfide) groups is 1. The average Bonchev–Trinajstić information content (AvgIpc) is 3.54. The minimum absolute atomic E-state index is 0.0229. The van der Waals surface area contributed by atoms with E-state index in [2.05, 4.69) is 21.0 Å². The summed E-state index contributed by atoms with van der Waals surface area (Å²) in [4.78, 5) is 25.1. The van der Waals surface area contributed by atoms with Crippen LogP contribution in [0.1, 0.15) is 47.9 Å². The van der Waals surface area contributed by atoms with Crippen molar-refractivity contribution < 1.29 is 13.5 Å². The number of nitriles is 1. The zero-order valence-electron chi connectivity index (χ0n) is 23.5. The van der Waals surface area contributed by atoms with Crippen LogP contribution in [0.4, 0.5) is 31.5 Å².